The lowest BCUT2D eigenvalue weighted by Gasteiger charge is -2.23. The number of hydrogen-bond acceptors (Lipinski definition) is 4. The molecule has 1 heterocycles. The van der Waals surface area contributed by atoms with Gasteiger partial charge in [0.05, 0.1) is 38.0 Å². The van der Waals surface area contributed by atoms with Crippen LogP contribution in [0.25, 0.3) is 0 Å². The molecule has 2 aromatic carbocycles. The van der Waals surface area contributed by atoms with Crippen LogP contribution in [0.1, 0.15) is 30.0 Å². The zero-order valence-electron chi connectivity index (χ0n) is 15.6. The van der Waals surface area contributed by atoms with Gasteiger partial charge in [-0.3, -0.25) is 4.79 Å². The number of nitriles is 1. The fraction of sp³-hybridized carbons (Fsp3) is 0.333. The minimum atomic E-state index is -0.0385. The van der Waals surface area contributed by atoms with Crippen LogP contribution in [0.4, 0.5) is 5.69 Å². The van der Waals surface area contributed by atoms with Crippen LogP contribution in [-0.2, 0) is 4.79 Å². The fourth-order valence-electron chi connectivity index (χ4n) is 3.65. The molecular weight excluding hydrogens is 342 g/mol. The van der Waals surface area contributed by atoms with Crippen molar-refractivity contribution in [3.05, 3.63) is 53.6 Å². The first kappa shape index (κ1) is 18.7. The molecule has 6 heteroatoms. The predicted octanol–water partition coefficient (Wildman–Crippen LogP) is 1.93. The number of hydrogen-bond donors (Lipinski definition) is 2. The maximum atomic E-state index is 12.5. The SMILES string of the molecule is COc1ccc(OC)c([C@@H]2CCC[NH+]2CC(=O)Nc2ccc(C#N)cc2)c1. The highest BCUT2D eigenvalue weighted by atomic mass is 16.5. The van der Waals surface area contributed by atoms with Crippen LogP contribution in [-0.4, -0.2) is 33.2 Å². The highest BCUT2D eigenvalue weighted by Crippen LogP contribution is 2.31. The van der Waals surface area contributed by atoms with E-state index < -0.39 is 0 Å². The van der Waals surface area contributed by atoms with Crippen LogP contribution in [0, 0.1) is 11.3 Å². The van der Waals surface area contributed by atoms with E-state index in [1.54, 1.807) is 38.5 Å². The smallest absolute Gasteiger partial charge is 0.279 e. The van der Waals surface area contributed by atoms with E-state index in [4.69, 9.17) is 14.7 Å². The van der Waals surface area contributed by atoms with Gasteiger partial charge in [0.25, 0.3) is 5.91 Å². The predicted molar refractivity (Wildman–Crippen MR) is 102 cm³/mol. The number of likely N-dealkylation sites (tertiary alicyclic amines) is 1. The van der Waals surface area contributed by atoms with Crippen molar-refractivity contribution in [3.8, 4) is 17.6 Å². The summed E-state index contributed by atoms with van der Waals surface area (Å²) in [6.45, 7) is 1.32. The Balaban J connectivity index is 1.71. The third kappa shape index (κ3) is 4.39. The molecule has 0 saturated carbocycles. The van der Waals surface area contributed by atoms with Gasteiger partial charge in [0.15, 0.2) is 6.54 Å². The number of quaternary nitrogens is 1. The molecule has 1 unspecified atom stereocenters. The summed E-state index contributed by atoms with van der Waals surface area (Å²) in [4.78, 5) is 13.7. The largest absolute Gasteiger partial charge is 0.497 e. The van der Waals surface area contributed by atoms with Gasteiger partial charge in [0.1, 0.15) is 17.5 Å². The van der Waals surface area contributed by atoms with E-state index in [0.717, 1.165) is 36.4 Å². The van der Waals surface area contributed by atoms with Gasteiger partial charge in [-0.1, -0.05) is 0 Å². The van der Waals surface area contributed by atoms with Crippen LogP contribution in [0.2, 0.25) is 0 Å². The van der Waals surface area contributed by atoms with Gasteiger partial charge >= 0.3 is 0 Å². The van der Waals surface area contributed by atoms with Gasteiger partial charge < -0.3 is 19.7 Å². The van der Waals surface area contributed by atoms with Crippen molar-refractivity contribution in [2.45, 2.75) is 18.9 Å². The summed E-state index contributed by atoms with van der Waals surface area (Å²) < 4.78 is 10.9. The van der Waals surface area contributed by atoms with Crippen molar-refractivity contribution >= 4 is 11.6 Å². The van der Waals surface area contributed by atoms with Crippen molar-refractivity contribution in [3.63, 3.8) is 0 Å². The molecule has 1 amide bonds. The monoisotopic (exact) mass is 366 g/mol. The van der Waals surface area contributed by atoms with E-state index in [0.29, 0.717) is 17.8 Å². The summed E-state index contributed by atoms with van der Waals surface area (Å²) in [6, 6.07) is 15.0. The molecule has 0 radical (unpaired) electrons. The number of rotatable bonds is 6. The fourth-order valence-corrected chi connectivity index (χ4v) is 3.65. The van der Waals surface area contributed by atoms with Crippen molar-refractivity contribution in [1.82, 2.24) is 0 Å². The van der Waals surface area contributed by atoms with E-state index in [2.05, 4.69) is 11.4 Å². The number of anilines is 1. The average molecular weight is 366 g/mol. The van der Waals surface area contributed by atoms with Crippen LogP contribution >= 0.6 is 0 Å². The van der Waals surface area contributed by atoms with E-state index in [-0.39, 0.29) is 11.9 Å². The summed E-state index contributed by atoms with van der Waals surface area (Å²) in [6.07, 6.45) is 2.06. The number of amides is 1. The van der Waals surface area contributed by atoms with Crippen molar-refractivity contribution in [2.75, 3.05) is 32.6 Å². The summed E-state index contributed by atoms with van der Waals surface area (Å²) in [5.41, 5.74) is 2.35. The van der Waals surface area contributed by atoms with Crippen LogP contribution in [0.3, 0.4) is 0 Å². The first-order valence-electron chi connectivity index (χ1n) is 9.01. The Morgan fingerprint density at radius 1 is 1.22 bits per heavy atom. The first-order valence-corrected chi connectivity index (χ1v) is 9.01. The second-order valence-electron chi connectivity index (χ2n) is 6.63. The normalized spacial score (nSPS) is 18.6. The molecule has 0 aliphatic carbocycles. The molecule has 1 aliphatic rings. The highest BCUT2D eigenvalue weighted by molar-refractivity contribution is 5.91. The molecule has 1 fully saturated rings. The number of carbonyl (C=O) groups excluding carboxylic acids is 1. The standard InChI is InChI=1S/C21H23N3O3/c1-26-17-9-10-20(27-2)18(12-17)19-4-3-11-24(19)14-21(25)23-16-7-5-15(13-22)6-8-16/h5-10,12,19H,3-4,11,14H2,1-2H3,(H,23,25)/p+1/t19-/m0/s1. The van der Waals surface area contributed by atoms with E-state index in [1.165, 1.54) is 4.90 Å². The topological polar surface area (TPSA) is 75.8 Å². The van der Waals surface area contributed by atoms with E-state index >= 15 is 0 Å². The number of ether oxygens (including phenoxy) is 2. The molecule has 1 saturated heterocycles. The zero-order valence-corrected chi connectivity index (χ0v) is 15.6. The zero-order chi connectivity index (χ0) is 19.2. The highest BCUT2D eigenvalue weighted by Gasteiger charge is 2.34. The first-order chi connectivity index (χ1) is 13.1. The molecule has 3 rings (SSSR count). The Kier molecular flexibility index (Phi) is 5.94. The maximum Gasteiger partial charge on any atom is 0.279 e. The minimum absolute atomic E-state index is 0.0385. The van der Waals surface area contributed by atoms with Crippen molar-refractivity contribution in [1.29, 1.82) is 5.26 Å². The lowest BCUT2D eigenvalue weighted by atomic mass is 10.0. The van der Waals surface area contributed by atoms with Crippen LogP contribution in [0.5, 0.6) is 11.5 Å². The lowest BCUT2D eigenvalue weighted by Crippen LogP contribution is -3.11. The molecule has 2 N–H and O–H groups in total. The van der Waals surface area contributed by atoms with Crippen LogP contribution < -0.4 is 19.7 Å². The Bertz CT molecular complexity index is 843. The summed E-state index contributed by atoms with van der Waals surface area (Å²) in [5, 5.41) is 11.8. The Labute approximate surface area is 159 Å². The second-order valence-corrected chi connectivity index (χ2v) is 6.63. The number of carbonyl (C=O) groups is 1. The molecule has 6 nitrogen and oxygen atoms in total. The minimum Gasteiger partial charge on any atom is -0.497 e. The third-order valence-electron chi connectivity index (χ3n) is 4.98. The molecule has 2 aromatic rings. The Morgan fingerprint density at radius 2 is 2.00 bits per heavy atom. The van der Waals surface area contributed by atoms with Crippen molar-refractivity contribution in [2.24, 2.45) is 0 Å². The Morgan fingerprint density at radius 3 is 2.67 bits per heavy atom. The molecule has 140 valence electrons. The maximum absolute atomic E-state index is 12.5. The molecule has 0 aromatic heterocycles. The van der Waals surface area contributed by atoms with Gasteiger partial charge in [-0.25, -0.2) is 0 Å². The summed E-state index contributed by atoms with van der Waals surface area (Å²) in [7, 11) is 3.31. The molecule has 27 heavy (non-hydrogen) atoms. The van der Waals surface area contributed by atoms with Crippen LogP contribution in [0.15, 0.2) is 42.5 Å². The molecule has 2 atom stereocenters. The van der Waals surface area contributed by atoms with E-state index in [1.807, 2.05) is 18.2 Å². The number of methoxy groups -OCH3 is 2. The second kappa shape index (κ2) is 8.56. The molecule has 0 bridgehead atoms. The van der Waals surface area contributed by atoms with Gasteiger partial charge in [-0.2, -0.15) is 5.26 Å². The Hall–Kier alpha value is -3.04. The van der Waals surface area contributed by atoms with Gasteiger partial charge in [-0.15, -0.1) is 0 Å². The quantitative estimate of drug-likeness (QED) is 0.819. The lowest BCUT2D eigenvalue weighted by molar-refractivity contribution is -0.910. The third-order valence-corrected chi connectivity index (χ3v) is 4.98. The number of benzene rings is 2. The molecule has 0 spiro atoms. The summed E-state index contributed by atoms with van der Waals surface area (Å²) >= 11 is 0. The van der Waals surface area contributed by atoms with Gasteiger partial charge in [0, 0.05) is 18.5 Å². The number of nitrogens with one attached hydrogen (secondary N) is 2. The molecular formula is C21H24N3O3+. The van der Waals surface area contributed by atoms with Crippen molar-refractivity contribution < 1.29 is 19.2 Å². The summed E-state index contributed by atoms with van der Waals surface area (Å²) in [5.74, 6) is 1.58. The average Bonchev–Trinajstić information content (AvgIpc) is 3.15. The van der Waals surface area contributed by atoms with Gasteiger partial charge in [-0.05, 0) is 42.5 Å². The molecule has 1 aliphatic heterocycles. The van der Waals surface area contributed by atoms with Gasteiger partial charge in [0.2, 0.25) is 0 Å². The van der Waals surface area contributed by atoms with E-state index in [9.17, 15) is 4.79 Å². The number of nitrogens with zero attached hydrogens (tertiary/aromatic N) is 1.